The normalized spacial score (nSPS) is 14.3. The van der Waals surface area contributed by atoms with E-state index in [0.29, 0.717) is 17.5 Å². The predicted octanol–water partition coefficient (Wildman–Crippen LogP) is 3.26. The maximum atomic E-state index is 8.66. The van der Waals surface area contributed by atoms with Crippen LogP contribution in [0.25, 0.3) is 0 Å². The van der Waals surface area contributed by atoms with Crippen LogP contribution in [0.2, 0.25) is 0 Å². The zero-order valence-electron chi connectivity index (χ0n) is 10.6. The molecule has 0 radical (unpaired) electrons. The molecular formula is C15H15N3S. The lowest BCUT2D eigenvalue weighted by atomic mass is 10.1. The van der Waals surface area contributed by atoms with Crippen LogP contribution in [0.4, 0.5) is 5.13 Å². The van der Waals surface area contributed by atoms with Crippen molar-refractivity contribution >= 4 is 16.5 Å². The summed E-state index contributed by atoms with van der Waals surface area (Å²) in [7, 11) is 0. The zero-order valence-corrected chi connectivity index (χ0v) is 11.4. The van der Waals surface area contributed by atoms with E-state index < -0.39 is 0 Å². The molecule has 1 aliphatic rings. The van der Waals surface area contributed by atoms with Crippen LogP contribution in [-0.4, -0.2) is 4.98 Å². The molecule has 0 amide bonds. The van der Waals surface area contributed by atoms with E-state index in [4.69, 9.17) is 11.0 Å². The molecule has 0 saturated heterocycles. The number of hydrogen-bond donors (Lipinski definition) is 1. The molecule has 19 heavy (non-hydrogen) atoms. The van der Waals surface area contributed by atoms with Gasteiger partial charge in [0, 0.05) is 17.2 Å². The summed E-state index contributed by atoms with van der Waals surface area (Å²) < 4.78 is 0. The Hall–Kier alpha value is -1.86. The summed E-state index contributed by atoms with van der Waals surface area (Å²) in [6.07, 6.45) is 3.86. The molecule has 96 valence electrons. The van der Waals surface area contributed by atoms with Crippen LogP contribution in [0.15, 0.2) is 24.3 Å². The molecule has 2 N–H and O–H groups in total. The highest BCUT2D eigenvalue weighted by molar-refractivity contribution is 7.15. The Labute approximate surface area is 116 Å². The molecule has 3 rings (SSSR count). The summed E-state index contributed by atoms with van der Waals surface area (Å²) in [6.45, 7) is 0. The fourth-order valence-electron chi connectivity index (χ4n) is 2.24. The zero-order chi connectivity index (χ0) is 13.2. The van der Waals surface area contributed by atoms with Crippen LogP contribution >= 0.6 is 11.3 Å². The fraction of sp³-hybridized carbons (Fsp3) is 0.333. The standard InChI is InChI=1S/C15H15N3S/c16-8-7-10-1-3-11(4-2-10)9-13-14(12-5-6-12)18-15(17)19-13/h1-4,12H,5-7,9H2,(H2,17,18). The van der Waals surface area contributed by atoms with Crippen molar-refractivity contribution in [2.75, 3.05) is 5.73 Å². The first kappa shape index (κ1) is 12.2. The minimum atomic E-state index is 0.473. The average Bonchev–Trinajstić information content (AvgIpc) is 3.17. The van der Waals surface area contributed by atoms with Crippen LogP contribution in [-0.2, 0) is 12.8 Å². The van der Waals surface area contributed by atoms with E-state index in [0.717, 1.165) is 12.0 Å². The highest BCUT2D eigenvalue weighted by Crippen LogP contribution is 2.43. The van der Waals surface area contributed by atoms with Crippen LogP contribution in [0.3, 0.4) is 0 Å². The summed E-state index contributed by atoms with van der Waals surface area (Å²) in [5.41, 5.74) is 9.37. The van der Waals surface area contributed by atoms with E-state index >= 15 is 0 Å². The third-order valence-electron chi connectivity index (χ3n) is 3.38. The first-order valence-corrected chi connectivity index (χ1v) is 7.27. The van der Waals surface area contributed by atoms with E-state index in [1.807, 2.05) is 12.1 Å². The lowest BCUT2D eigenvalue weighted by molar-refractivity contribution is 1.01. The highest BCUT2D eigenvalue weighted by Gasteiger charge is 2.29. The second-order valence-corrected chi connectivity index (χ2v) is 6.08. The summed E-state index contributed by atoms with van der Waals surface area (Å²) in [6, 6.07) is 10.4. The van der Waals surface area contributed by atoms with Gasteiger partial charge in [0.15, 0.2) is 5.13 Å². The van der Waals surface area contributed by atoms with Crippen molar-refractivity contribution in [2.24, 2.45) is 0 Å². The van der Waals surface area contributed by atoms with Crippen molar-refractivity contribution in [2.45, 2.75) is 31.6 Å². The molecule has 4 heteroatoms. The molecule has 1 fully saturated rings. The van der Waals surface area contributed by atoms with Gasteiger partial charge >= 0.3 is 0 Å². The van der Waals surface area contributed by atoms with Gasteiger partial charge in [0.2, 0.25) is 0 Å². The monoisotopic (exact) mass is 269 g/mol. The number of anilines is 1. The first-order chi connectivity index (χ1) is 9.26. The van der Waals surface area contributed by atoms with Crippen molar-refractivity contribution in [1.29, 1.82) is 5.26 Å². The Morgan fingerprint density at radius 1 is 1.26 bits per heavy atom. The molecule has 1 aliphatic carbocycles. The lowest BCUT2D eigenvalue weighted by Gasteiger charge is -2.02. The molecule has 3 nitrogen and oxygen atoms in total. The van der Waals surface area contributed by atoms with Gasteiger partial charge in [0.25, 0.3) is 0 Å². The van der Waals surface area contributed by atoms with E-state index in [1.54, 1.807) is 11.3 Å². The maximum Gasteiger partial charge on any atom is 0.180 e. The number of aromatic nitrogens is 1. The number of rotatable bonds is 4. The molecule has 0 unspecified atom stereocenters. The van der Waals surface area contributed by atoms with E-state index in [2.05, 4.69) is 23.2 Å². The van der Waals surface area contributed by atoms with E-state index in [1.165, 1.54) is 29.0 Å². The minimum Gasteiger partial charge on any atom is -0.375 e. The molecule has 0 atom stereocenters. The Morgan fingerprint density at radius 2 is 1.95 bits per heavy atom. The number of nitrogen functional groups attached to an aromatic ring is 1. The second-order valence-electron chi connectivity index (χ2n) is 4.96. The number of thiazole rings is 1. The molecular weight excluding hydrogens is 254 g/mol. The van der Waals surface area contributed by atoms with Crippen LogP contribution in [0.1, 0.15) is 40.5 Å². The molecule has 1 aromatic carbocycles. The Morgan fingerprint density at radius 3 is 2.58 bits per heavy atom. The third kappa shape index (κ3) is 2.77. The Bertz CT molecular complexity index is 618. The van der Waals surface area contributed by atoms with Crippen molar-refractivity contribution in [3.8, 4) is 6.07 Å². The van der Waals surface area contributed by atoms with Gasteiger partial charge < -0.3 is 5.73 Å². The summed E-state index contributed by atoms with van der Waals surface area (Å²) >= 11 is 1.61. The van der Waals surface area contributed by atoms with Gasteiger partial charge in [-0.1, -0.05) is 24.3 Å². The van der Waals surface area contributed by atoms with Crippen molar-refractivity contribution in [3.05, 3.63) is 46.0 Å². The lowest BCUT2D eigenvalue weighted by Crippen LogP contribution is -1.92. The van der Waals surface area contributed by atoms with Gasteiger partial charge in [-0.3, -0.25) is 0 Å². The van der Waals surface area contributed by atoms with Gasteiger partial charge in [0.1, 0.15) is 0 Å². The quantitative estimate of drug-likeness (QED) is 0.926. The Balaban J connectivity index is 1.79. The van der Waals surface area contributed by atoms with Gasteiger partial charge in [-0.25, -0.2) is 4.98 Å². The number of nitriles is 1. The van der Waals surface area contributed by atoms with Gasteiger partial charge in [-0.15, -0.1) is 11.3 Å². The van der Waals surface area contributed by atoms with Crippen LogP contribution in [0, 0.1) is 11.3 Å². The number of nitrogens with zero attached hydrogens (tertiary/aromatic N) is 2. The Kier molecular flexibility index (Phi) is 3.22. The van der Waals surface area contributed by atoms with E-state index in [9.17, 15) is 0 Å². The molecule has 1 saturated carbocycles. The van der Waals surface area contributed by atoms with Gasteiger partial charge in [0.05, 0.1) is 18.2 Å². The average molecular weight is 269 g/mol. The maximum absolute atomic E-state index is 8.66. The fourth-order valence-corrected chi connectivity index (χ4v) is 3.19. The SMILES string of the molecule is N#CCc1ccc(Cc2sc(N)nc2C2CC2)cc1. The van der Waals surface area contributed by atoms with Crippen LogP contribution in [0.5, 0.6) is 0 Å². The number of hydrogen-bond acceptors (Lipinski definition) is 4. The summed E-state index contributed by atoms with van der Waals surface area (Å²) in [5, 5.41) is 9.34. The summed E-state index contributed by atoms with van der Waals surface area (Å²) in [4.78, 5) is 5.77. The van der Waals surface area contributed by atoms with Crippen LogP contribution < -0.4 is 5.73 Å². The topological polar surface area (TPSA) is 62.7 Å². The minimum absolute atomic E-state index is 0.473. The molecule has 2 aromatic rings. The largest absolute Gasteiger partial charge is 0.375 e. The molecule has 1 heterocycles. The summed E-state index contributed by atoms with van der Waals surface area (Å²) in [5.74, 6) is 0.640. The third-order valence-corrected chi connectivity index (χ3v) is 4.28. The predicted molar refractivity (Wildman–Crippen MR) is 77.1 cm³/mol. The van der Waals surface area contributed by atoms with Crippen molar-refractivity contribution < 1.29 is 0 Å². The van der Waals surface area contributed by atoms with Crippen molar-refractivity contribution in [1.82, 2.24) is 4.98 Å². The van der Waals surface area contributed by atoms with Crippen molar-refractivity contribution in [3.63, 3.8) is 0 Å². The number of benzene rings is 1. The van der Waals surface area contributed by atoms with E-state index in [-0.39, 0.29) is 0 Å². The van der Waals surface area contributed by atoms with Gasteiger partial charge in [-0.2, -0.15) is 5.26 Å². The second kappa shape index (κ2) is 5.02. The molecule has 0 bridgehead atoms. The van der Waals surface area contributed by atoms with Gasteiger partial charge in [-0.05, 0) is 24.0 Å². The molecule has 1 aromatic heterocycles. The first-order valence-electron chi connectivity index (χ1n) is 6.46. The smallest absolute Gasteiger partial charge is 0.180 e. The molecule has 0 spiro atoms. The highest BCUT2D eigenvalue weighted by atomic mass is 32.1. The molecule has 0 aliphatic heterocycles. The number of nitrogens with two attached hydrogens (primary N) is 1.